The number of benzene rings is 1. The molecule has 3 aliphatic heterocycles. The minimum absolute atomic E-state index is 0.170. The van der Waals surface area contributed by atoms with E-state index in [9.17, 15) is 14.9 Å². The van der Waals surface area contributed by atoms with E-state index in [4.69, 9.17) is 26.3 Å². The molecular weight excluding hydrogens is 530 g/mol. The highest BCUT2D eigenvalue weighted by molar-refractivity contribution is 6.34. The SMILES string of the molecule is C=CC(=O)N1CCN(c2nc(OCC3CCCN3C)nc3c2CN(C(=O)c2cccc(C)c2Cl)C3)CC1CC#N. The van der Waals surface area contributed by atoms with Gasteiger partial charge in [0.15, 0.2) is 0 Å². The van der Waals surface area contributed by atoms with Crippen molar-refractivity contribution in [3.63, 3.8) is 0 Å². The fourth-order valence-electron chi connectivity index (χ4n) is 5.76. The molecular formula is C29H34ClN7O3. The van der Waals surface area contributed by atoms with Crippen molar-refractivity contribution in [1.82, 2.24) is 24.7 Å². The number of ether oxygens (including phenoxy) is 1. The van der Waals surface area contributed by atoms with Gasteiger partial charge in [0.05, 0.1) is 47.9 Å². The fourth-order valence-corrected chi connectivity index (χ4v) is 5.97. The van der Waals surface area contributed by atoms with Crippen LogP contribution in [0, 0.1) is 18.3 Å². The maximum atomic E-state index is 13.5. The molecule has 2 aromatic rings. The summed E-state index contributed by atoms with van der Waals surface area (Å²) in [6.07, 6.45) is 3.67. The quantitative estimate of drug-likeness (QED) is 0.473. The molecule has 0 bridgehead atoms. The minimum Gasteiger partial charge on any atom is -0.462 e. The summed E-state index contributed by atoms with van der Waals surface area (Å²) < 4.78 is 6.14. The Balaban J connectivity index is 1.45. The number of piperazine rings is 1. The van der Waals surface area contributed by atoms with Crippen LogP contribution in [0.5, 0.6) is 6.01 Å². The lowest BCUT2D eigenvalue weighted by Gasteiger charge is -2.41. The number of halogens is 1. The molecule has 2 unspecified atom stereocenters. The molecule has 0 N–H and O–H groups in total. The van der Waals surface area contributed by atoms with Gasteiger partial charge in [-0.3, -0.25) is 9.59 Å². The maximum Gasteiger partial charge on any atom is 0.318 e. The smallest absolute Gasteiger partial charge is 0.318 e. The first-order valence-corrected chi connectivity index (χ1v) is 14.0. The highest BCUT2D eigenvalue weighted by Crippen LogP contribution is 2.34. The summed E-state index contributed by atoms with van der Waals surface area (Å²) in [7, 11) is 2.09. The monoisotopic (exact) mass is 563 g/mol. The Hall–Kier alpha value is -3.68. The van der Waals surface area contributed by atoms with Gasteiger partial charge in [0.1, 0.15) is 12.4 Å². The van der Waals surface area contributed by atoms with E-state index in [1.165, 1.54) is 6.08 Å². The van der Waals surface area contributed by atoms with Crippen molar-refractivity contribution in [2.24, 2.45) is 0 Å². The molecule has 11 heteroatoms. The molecule has 2 fully saturated rings. The number of amides is 2. The molecule has 4 heterocycles. The number of nitrogens with zero attached hydrogens (tertiary/aromatic N) is 7. The van der Waals surface area contributed by atoms with E-state index in [0.717, 1.165) is 36.2 Å². The van der Waals surface area contributed by atoms with Gasteiger partial charge < -0.3 is 24.3 Å². The predicted octanol–water partition coefficient (Wildman–Crippen LogP) is 3.18. The van der Waals surface area contributed by atoms with Gasteiger partial charge in [-0.05, 0) is 51.1 Å². The second kappa shape index (κ2) is 11.8. The first-order chi connectivity index (χ1) is 19.3. The highest BCUT2D eigenvalue weighted by Gasteiger charge is 2.36. The van der Waals surface area contributed by atoms with Crippen LogP contribution in [0.25, 0.3) is 0 Å². The molecule has 0 saturated carbocycles. The van der Waals surface area contributed by atoms with E-state index >= 15 is 0 Å². The number of carbonyl (C=O) groups is 2. The standard InChI is InChI=1S/C29H34ClN7O3/c1-4-25(38)37-14-13-35(15-20(37)10-11-31)27-23-16-36(28(39)22-9-5-7-19(2)26(22)30)17-24(23)32-29(33-27)40-18-21-8-6-12-34(21)3/h4-5,7,9,20-21H,1,6,8,10,12-18H2,2-3H3. The van der Waals surface area contributed by atoms with Crippen molar-refractivity contribution in [3.8, 4) is 12.1 Å². The number of hydrogen-bond donors (Lipinski definition) is 0. The molecule has 1 aromatic heterocycles. The van der Waals surface area contributed by atoms with E-state index in [1.54, 1.807) is 15.9 Å². The Kier molecular flexibility index (Phi) is 8.24. The van der Waals surface area contributed by atoms with Crippen LogP contribution >= 0.6 is 11.6 Å². The van der Waals surface area contributed by atoms with Gasteiger partial charge in [0.25, 0.3) is 5.91 Å². The second-order valence-corrected chi connectivity index (χ2v) is 11.0. The number of nitriles is 1. The van der Waals surface area contributed by atoms with Crippen LogP contribution in [0.4, 0.5) is 5.82 Å². The lowest BCUT2D eigenvalue weighted by atomic mass is 10.1. The number of likely N-dealkylation sites (N-methyl/N-ethyl adjacent to an activating group) is 1. The first kappa shape index (κ1) is 27.9. The van der Waals surface area contributed by atoms with Crippen LogP contribution in [0.15, 0.2) is 30.9 Å². The van der Waals surface area contributed by atoms with Crippen molar-refractivity contribution in [3.05, 3.63) is 58.3 Å². The molecule has 2 atom stereocenters. The topological polar surface area (TPSA) is 106 Å². The summed E-state index contributed by atoms with van der Waals surface area (Å²) in [6.45, 7) is 9.03. The van der Waals surface area contributed by atoms with Crippen molar-refractivity contribution in [2.75, 3.05) is 44.7 Å². The van der Waals surface area contributed by atoms with Gasteiger partial charge in [-0.15, -0.1) is 0 Å². The summed E-state index contributed by atoms with van der Waals surface area (Å²) in [5.74, 6) is 0.319. The number of rotatable bonds is 7. The van der Waals surface area contributed by atoms with Crippen LogP contribution < -0.4 is 9.64 Å². The van der Waals surface area contributed by atoms with Crippen molar-refractivity contribution >= 4 is 29.2 Å². The number of fused-ring (bicyclic) bond motifs is 1. The normalized spacial score (nSPS) is 20.8. The van der Waals surface area contributed by atoms with E-state index in [0.29, 0.717) is 61.8 Å². The third kappa shape index (κ3) is 5.49. The molecule has 2 saturated heterocycles. The largest absolute Gasteiger partial charge is 0.462 e. The van der Waals surface area contributed by atoms with Gasteiger partial charge >= 0.3 is 6.01 Å². The van der Waals surface area contributed by atoms with Crippen LogP contribution in [-0.2, 0) is 17.9 Å². The summed E-state index contributed by atoms with van der Waals surface area (Å²) >= 11 is 6.49. The molecule has 210 valence electrons. The second-order valence-electron chi connectivity index (χ2n) is 10.6. The third-order valence-electron chi connectivity index (χ3n) is 8.09. The zero-order valence-corrected chi connectivity index (χ0v) is 23.7. The Bertz CT molecular complexity index is 1360. The molecule has 40 heavy (non-hydrogen) atoms. The van der Waals surface area contributed by atoms with E-state index in [1.807, 2.05) is 19.1 Å². The summed E-state index contributed by atoms with van der Waals surface area (Å²) in [4.78, 5) is 43.3. The summed E-state index contributed by atoms with van der Waals surface area (Å²) in [5, 5.41) is 9.90. The summed E-state index contributed by atoms with van der Waals surface area (Å²) in [5.41, 5.74) is 2.88. The maximum absolute atomic E-state index is 13.5. The highest BCUT2D eigenvalue weighted by atomic mass is 35.5. The molecule has 10 nitrogen and oxygen atoms in total. The van der Waals surface area contributed by atoms with Crippen molar-refractivity contribution in [2.45, 2.75) is 51.4 Å². The Morgan fingerprint density at radius 1 is 1.23 bits per heavy atom. The van der Waals surface area contributed by atoms with Crippen LogP contribution in [0.2, 0.25) is 5.02 Å². The molecule has 3 aliphatic rings. The van der Waals surface area contributed by atoms with Gasteiger partial charge in [0, 0.05) is 31.2 Å². The van der Waals surface area contributed by atoms with E-state index in [-0.39, 0.29) is 30.3 Å². The molecule has 0 aliphatic carbocycles. The average molecular weight is 564 g/mol. The number of anilines is 1. The Morgan fingerprint density at radius 2 is 2.05 bits per heavy atom. The van der Waals surface area contributed by atoms with Gasteiger partial charge in [0.2, 0.25) is 5.91 Å². The summed E-state index contributed by atoms with van der Waals surface area (Å²) in [6, 6.07) is 7.92. The Morgan fingerprint density at radius 3 is 2.77 bits per heavy atom. The van der Waals surface area contributed by atoms with Crippen molar-refractivity contribution < 1.29 is 14.3 Å². The number of aromatic nitrogens is 2. The zero-order valence-electron chi connectivity index (χ0n) is 23.0. The number of aryl methyl sites for hydroxylation is 1. The first-order valence-electron chi connectivity index (χ1n) is 13.6. The zero-order chi connectivity index (χ0) is 28.4. The third-order valence-corrected chi connectivity index (χ3v) is 8.59. The number of likely N-dealkylation sites (tertiary alicyclic amines) is 1. The molecule has 0 spiro atoms. The van der Waals surface area contributed by atoms with E-state index in [2.05, 4.69) is 29.5 Å². The number of carbonyl (C=O) groups excluding carboxylic acids is 2. The van der Waals surface area contributed by atoms with Gasteiger partial charge in [-0.2, -0.15) is 15.2 Å². The number of hydrogen-bond acceptors (Lipinski definition) is 8. The molecule has 5 rings (SSSR count). The molecule has 1 aromatic carbocycles. The minimum atomic E-state index is -0.309. The van der Waals surface area contributed by atoms with Gasteiger partial charge in [-0.25, -0.2) is 0 Å². The Labute approximate surface area is 239 Å². The lowest BCUT2D eigenvalue weighted by Crippen LogP contribution is -2.55. The average Bonchev–Trinajstić information content (AvgIpc) is 3.58. The molecule has 2 amide bonds. The lowest BCUT2D eigenvalue weighted by molar-refractivity contribution is -0.128. The van der Waals surface area contributed by atoms with Crippen molar-refractivity contribution in [1.29, 1.82) is 5.26 Å². The van der Waals surface area contributed by atoms with E-state index < -0.39 is 0 Å². The predicted molar refractivity (Wildman–Crippen MR) is 151 cm³/mol. The fraction of sp³-hybridized carbons (Fsp3) is 0.483. The van der Waals surface area contributed by atoms with Crippen LogP contribution in [0.1, 0.15) is 46.4 Å². The van der Waals surface area contributed by atoms with Crippen LogP contribution in [-0.4, -0.2) is 88.4 Å². The van der Waals surface area contributed by atoms with Gasteiger partial charge in [-0.1, -0.05) is 30.3 Å². The van der Waals surface area contributed by atoms with Crippen LogP contribution in [0.3, 0.4) is 0 Å². The molecule has 0 radical (unpaired) electrons.